The number of rotatable bonds is 8. The lowest BCUT2D eigenvalue weighted by Crippen LogP contribution is -2.55. The fourth-order valence-corrected chi connectivity index (χ4v) is 4.09. The number of carbonyl (C=O) groups excluding carboxylic acids is 2. The van der Waals surface area contributed by atoms with Crippen LogP contribution in [0.3, 0.4) is 0 Å². The van der Waals surface area contributed by atoms with Crippen molar-refractivity contribution < 1.29 is 33.5 Å². The van der Waals surface area contributed by atoms with Gasteiger partial charge in [0.15, 0.2) is 6.29 Å². The number of nitro groups is 1. The molecule has 178 valence electrons. The summed E-state index contributed by atoms with van der Waals surface area (Å²) >= 11 is 0. The van der Waals surface area contributed by atoms with E-state index in [4.69, 9.17) is 18.9 Å². The van der Waals surface area contributed by atoms with Gasteiger partial charge in [-0.25, -0.2) is 4.79 Å². The molecule has 33 heavy (non-hydrogen) atoms. The lowest BCUT2D eigenvalue weighted by Gasteiger charge is -2.44. The average molecular weight is 460 g/mol. The number of aliphatic imine (C=N–C) groups is 1. The molecule has 0 amide bonds. The molecule has 1 saturated heterocycles. The summed E-state index contributed by atoms with van der Waals surface area (Å²) in [6, 6.07) is 5.83. The van der Waals surface area contributed by atoms with Crippen LogP contribution in [-0.4, -0.2) is 41.4 Å². The predicted octanol–water partition coefficient (Wildman–Crippen LogP) is 4.00. The number of nitrogens with zero attached hydrogens (tertiary/aromatic N) is 2. The van der Waals surface area contributed by atoms with Crippen LogP contribution in [0.1, 0.15) is 58.9 Å². The second-order valence-electron chi connectivity index (χ2n) is 7.96. The molecule has 2 unspecified atom stereocenters. The number of carbonyl (C=O) groups is 2. The third-order valence-electron chi connectivity index (χ3n) is 5.56. The van der Waals surface area contributed by atoms with Crippen LogP contribution in [0.2, 0.25) is 0 Å². The lowest BCUT2D eigenvalue weighted by atomic mass is 9.75. The maximum absolute atomic E-state index is 13.4. The topological polar surface area (TPSA) is 127 Å². The van der Waals surface area contributed by atoms with Crippen LogP contribution in [0.4, 0.5) is 5.69 Å². The Hall–Kier alpha value is -3.11. The first kappa shape index (κ1) is 24.5. The first-order chi connectivity index (χ1) is 15.6. The number of benzene rings is 1. The number of hydrogen-bond acceptors (Lipinski definition) is 9. The molecule has 10 heteroatoms. The van der Waals surface area contributed by atoms with Gasteiger partial charge in [0.05, 0.1) is 17.1 Å². The quantitative estimate of drug-likeness (QED) is 0.324. The van der Waals surface area contributed by atoms with Gasteiger partial charge in [0, 0.05) is 35.9 Å². The molecule has 1 aromatic carbocycles. The highest BCUT2D eigenvalue weighted by Crippen LogP contribution is 2.43. The van der Waals surface area contributed by atoms with Crippen LogP contribution in [-0.2, 0) is 28.5 Å². The number of non-ortho nitro benzene ring substituents is 1. The molecular weight excluding hydrogens is 432 g/mol. The Kier molecular flexibility index (Phi) is 7.28. The molecule has 0 bridgehead atoms. The van der Waals surface area contributed by atoms with Gasteiger partial charge in [0.2, 0.25) is 0 Å². The van der Waals surface area contributed by atoms with Crippen LogP contribution in [0.25, 0.3) is 0 Å². The van der Waals surface area contributed by atoms with E-state index in [1.54, 1.807) is 33.8 Å². The van der Waals surface area contributed by atoms with Gasteiger partial charge >= 0.3 is 17.9 Å². The van der Waals surface area contributed by atoms with E-state index in [9.17, 15) is 19.7 Å². The summed E-state index contributed by atoms with van der Waals surface area (Å²) in [6.45, 7) is 8.77. The largest absolute Gasteiger partial charge is 0.465 e. The number of nitro benzene ring substituents is 1. The first-order valence-corrected chi connectivity index (χ1v) is 10.9. The number of allylic oxidation sites excluding steroid dienone is 1. The highest BCUT2D eigenvalue weighted by atomic mass is 17.0. The Morgan fingerprint density at radius 3 is 2.52 bits per heavy atom. The normalized spacial score (nSPS) is 26.8. The van der Waals surface area contributed by atoms with Crippen LogP contribution in [0, 0.1) is 16.0 Å². The Morgan fingerprint density at radius 1 is 1.24 bits per heavy atom. The van der Waals surface area contributed by atoms with E-state index in [1.807, 2.05) is 6.92 Å². The van der Waals surface area contributed by atoms with Crippen molar-refractivity contribution in [3.8, 4) is 0 Å². The van der Waals surface area contributed by atoms with E-state index in [2.05, 4.69) is 4.99 Å². The van der Waals surface area contributed by atoms with Crippen LogP contribution >= 0.6 is 0 Å². The summed E-state index contributed by atoms with van der Waals surface area (Å²) in [5, 5.41) is 11.4. The Labute approximate surface area is 191 Å². The van der Waals surface area contributed by atoms with Crippen molar-refractivity contribution in [3.05, 3.63) is 51.2 Å². The van der Waals surface area contributed by atoms with Gasteiger partial charge in [-0.1, -0.05) is 26.0 Å². The highest BCUT2D eigenvalue weighted by Gasteiger charge is 2.50. The minimum atomic E-state index is -1.52. The maximum atomic E-state index is 13.4. The second-order valence-corrected chi connectivity index (χ2v) is 7.96. The average Bonchev–Trinajstić information content (AvgIpc) is 2.75. The summed E-state index contributed by atoms with van der Waals surface area (Å²) in [5.41, 5.74) is 1.11. The second kappa shape index (κ2) is 9.80. The maximum Gasteiger partial charge on any atom is 0.340 e. The smallest absolute Gasteiger partial charge is 0.340 e. The molecule has 0 aromatic heterocycles. The fraction of sp³-hybridized carbons (Fsp3) is 0.522. The third kappa shape index (κ3) is 4.96. The zero-order chi connectivity index (χ0) is 24.3. The molecule has 0 spiro atoms. The molecule has 1 fully saturated rings. The van der Waals surface area contributed by atoms with E-state index >= 15 is 0 Å². The van der Waals surface area contributed by atoms with Gasteiger partial charge in [-0.2, -0.15) is 0 Å². The SMILES string of the molecule is CCCOC(=O)C1C(C)=NC(C)=C(C(=O)OC2(CC)OC(C)O2)C1c1cccc([N+](=O)[O-])c1. The summed E-state index contributed by atoms with van der Waals surface area (Å²) in [6.07, 6.45) is 0.344. The third-order valence-corrected chi connectivity index (χ3v) is 5.56. The van der Waals surface area contributed by atoms with E-state index < -0.39 is 41.0 Å². The summed E-state index contributed by atoms with van der Waals surface area (Å²) < 4.78 is 22.0. The highest BCUT2D eigenvalue weighted by molar-refractivity contribution is 6.07. The Bertz CT molecular complexity index is 1010. The summed E-state index contributed by atoms with van der Waals surface area (Å²) in [5.74, 6) is -4.72. The molecule has 0 aliphatic carbocycles. The van der Waals surface area contributed by atoms with Crippen LogP contribution in [0.15, 0.2) is 40.5 Å². The molecule has 10 nitrogen and oxygen atoms in total. The fourth-order valence-electron chi connectivity index (χ4n) is 4.09. The van der Waals surface area contributed by atoms with Gasteiger partial charge in [-0.3, -0.25) is 29.4 Å². The molecular formula is C23H28N2O8. The van der Waals surface area contributed by atoms with E-state index in [0.29, 0.717) is 23.4 Å². The van der Waals surface area contributed by atoms with Gasteiger partial charge in [0.25, 0.3) is 5.69 Å². The lowest BCUT2D eigenvalue weighted by molar-refractivity contribution is -0.523. The number of esters is 2. The molecule has 1 aromatic rings. The molecule has 2 aliphatic heterocycles. The van der Waals surface area contributed by atoms with Crippen LogP contribution < -0.4 is 0 Å². The zero-order valence-corrected chi connectivity index (χ0v) is 19.3. The van der Waals surface area contributed by atoms with Crippen molar-refractivity contribution in [3.63, 3.8) is 0 Å². The first-order valence-electron chi connectivity index (χ1n) is 10.9. The molecule has 2 heterocycles. The Morgan fingerprint density at radius 2 is 1.94 bits per heavy atom. The van der Waals surface area contributed by atoms with Crippen molar-refractivity contribution in [2.45, 2.75) is 65.6 Å². The van der Waals surface area contributed by atoms with E-state index in [0.717, 1.165) is 0 Å². The van der Waals surface area contributed by atoms with Gasteiger partial charge in [0.1, 0.15) is 5.92 Å². The minimum absolute atomic E-state index is 0.0964. The minimum Gasteiger partial charge on any atom is -0.465 e. The number of ether oxygens (including phenoxy) is 4. The van der Waals surface area contributed by atoms with E-state index in [-0.39, 0.29) is 24.3 Å². The van der Waals surface area contributed by atoms with Gasteiger partial charge in [-0.05, 0) is 32.8 Å². The summed E-state index contributed by atoms with van der Waals surface area (Å²) in [7, 11) is 0. The molecule has 0 saturated carbocycles. The molecule has 0 N–H and O–H groups in total. The van der Waals surface area contributed by atoms with Gasteiger partial charge in [-0.15, -0.1) is 0 Å². The zero-order valence-electron chi connectivity index (χ0n) is 19.3. The standard InChI is InChI=1S/C23H28N2O8/c1-6-11-30-21(26)18-13(3)24-14(4)19(22(27)33-23(7-2)31-15(5)32-23)20(18)16-9-8-10-17(12-16)25(28)29/h8-10,12,15,18,20H,6-7,11H2,1-5H3. The molecule has 3 rings (SSSR count). The van der Waals surface area contributed by atoms with Crippen molar-refractivity contribution in [2.75, 3.05) is 6.61 Å². The van der Waals surface area contributed by atoms with Crippen LogP contribution in [0.5, 0.6) is 0 Å². The number of hydrogen-bond donors (Lipinski definition) is 0. The molecule has 2 atom stereocenters. The molecule has 0 radical (unpaired) electrons. The van der Waals surface area contributed by atoms with Crippen molar-refractivity contribution in [2.24, 2.45) is 10.9 Å². The molecule has 2 aliphatic rings. The monoisotopic (exact) mass is 460 g/mol. The van der Waals surface area contributed by atoms with Crippen molar-refractivity contribution in [1.29, 1.82) is 0 Å². The van der Waals surface area contributed by atoms with Crippen molar-refractivity contribution in [1.82, 2.24) is 0 Å². The summed E-state index contributed by atoms with van der Waals surface area (Å²) in [4.78, 5) is 41.7. The van der Waals surface area contributed by atoms with Gasteiger partial charge < -0.3 is 9.47 Å². The van der Waals surface area contributed by atoms with Crippen molar-refractivity contribution >= 4 is 23.3 Å². The Balaban J connectivity index is 2.08. The predicted molar refractivity (Wildman–Crippen MR) is 117 cm³/mol. The van der Waals surface area contributed by atoms with E-state index in [1.165, 1.54) is 18.2 Å².